The number of aliphatic imine (C=N–C) groups is 2. The normalized spacial score (nSPS) is 14.1. The predicted molar refractivity (Wildman–Crippen MR) is 232 cm³/mol. The summed E-state index contributed by atoms with van der Waals surface area (Å²) in [7, 11) is 0. The van der Waals surface area contributed by atoms with Crippen molar-refractivity contribution >= 4 is 44.2 Å². The van der Waals surface area contributed by atoms with Crippen molar-refractivity contribution in [3.63, 3.8) is 0 Å². The highest BCUT2D eigenvalue weighted by Crippen LogP contribution is 2.37. The van der Waals surface area contributed by atoms with Crippen LogP contribution in [0.25, 0.3) is 66.1 Å². The van der Waals surface area contributed by atoms with E-state index < -0.39 is 0 Å². The molecule has 2 heterocycles. The number of amidine groups is 2. The van der Waals surface area contributed by atoms with Crippen molar-refractivity contribution in [2.75, 3.05) is 0 Å². The Morgan fingerprint density at radius 1 is 0.482 bits per heavy atom. The van der Waals surface area contributed by atoms with Crippen LogP contribution in [0.4, 0.5) is 0 Å². The summed E-state index contributed by atoms with van der Waals surface area (Å²) in [4.78, 5) is 20.2. The van der Waals surface area contributed by atoms with E-state index in [0.717, 1.165) is 55.9 Å². The summed E-state index contributed by atoms with van der Waals surface area (Å²) in [5.74, 6) is 1.44. The molecule has 0 spiro atoms. The molecule has 0 amide bonds. The topological polar surface area (TPSA) is 62.5 Å². The smallest absolute Gasteiger partial charge is 0.159 e. The SMILES string of the molecule is Cc1ccc(C2=NC(c3ccc(C)cc3)NC(c3cc(-c4ccc(-c5cc6ccccc6c6ccccc56)cc4)cc(-c4cnc5ccccc5n4)c3)=N2)cc1. The zero-order valence-electron chi connectivity index (χ0n) is 31.1. The van der Waals surface area contributed by atoms with Gasteiger partial charge in [-0.2, -0.15) is 0 Å². The number of hydrogen-bond donors (Lipinski definition) is 1. The third-order valence-corrected chi connectivity index (χ3v) is 10.7. The number of para-hydroxylation sites is 2. The lowest BCUT2D eigenvalue weighted by Gasteiger charge is -2.24. The second-order valence-electron chi connectivity index (χ2n) is 14.5. The first-order chi connectivity index (χ1) is 27.5. The molecule has 1 aliphatic heterocycles. The Balaban J connectivity index is 1.11. The van der Waals surface area contributed by atoms with E-state index in [4.69, 9.17) is 20.0 Å². The Bertz CT molecular complexity index is 3000. The van der Waals surface area contributed by atoms with Gasteiger partial charge in [-0.3, -0.25) is 4.98 Å². The molecule has 8 aromatic carbocycles. The molecule has 5 heteroatoms. The first-order valence-electron chi connectivity index (χ1n) is 19.0. The number of benzene rings is 8. The number of hydrogen-bond acceptors (Lipinski definition) is 5. The Morgan fingerprint density at radius 2 is 1.09 bits per heavy atom. The van der Waals surface area contributed by atoms with Gasteiger partial charge in [-0.25, -0.2) is 15.0 Å². The zero-order chi connectivity index (χ0) is 37.6. The molecule has 10 rings (SSSR count). The molecule has 0 bridgehead atoms. The molecular weight excluding hydrogens is 683 g/mol. The molecule has 1 aromatic heterocycles. The third-order valence-electron chi connectivity index (χ3n) is 10.7. The minimum Gasteiger partial charge on any atom is -0.344 e. The number of fused-ring (bicyclic) bond motifs is 4. The Labute approximate surface area is 325 Å². The molecule has 1 unspecified atom stereocenters. The average molecular weight is 720 g/mol. The summed E-state index contributed by atoms with van der Waals surface area (Å²) in [5.41, 5.74) is 13.4. The molecule has 1 N–H and O–H groups in total. The summed E-state index contributed by atoms with van der Waals surface area (Å²) in [6, 6.07) is 60.1. The van der Waals surface area contributed by atoms with Crippen LogP contribution in [0.5, 0.6) is 0 Å². The fraction of sp³-hybridized carbons (Fsp3) is 0.0588. The van der Waals surface area contributed by atoms with Crippen LogP contribution in [0.2, 0.25) is 0 Å². The van der Waals surface area contributed by atoms with E-state index in [-0.39, 0.29) is 6.17 Å². The van der Waals surface area contributed by atoms with Crippen LogP contribution in [-0.2, 0) is 0 Å². The number of nitrogens with zero attached hydrogens (tertiary/aromatic N) is 4. The summed E-state index contributed by atoms with van der Waals surface area (Å²) >= 11 is 0. The summed E-state index contributed by atoms with van der Waals surface area (Å²) in [6.07, 6.45) is 1.55. The molecule has 0 radical (unpaired) electrons. The van der Waals surface area contributed by atoms with E-state index in [1.807, 2.05) is 30.5 Å². The first kappa shape index (κ1) is 33.3. The Hall–Kier alpha value is -7.24. The number of rotatable bonds is 6. The van der Waals surface area contributed by atoms with Crippen LogP contribution in [-0.4, -0.2) is 21.6 Å². The van der Waals surface area contributed by atoms with Crippen molar-refractivity contribution in [1.29, 1.82) is 0 Å². The quantitative estimate of drug-likeness (QED) is 0.174. The minimum absolute atomic E-state index is 0.317. The molecule has 0 fully saturated rings. The van der Waals surface area contributed by atoms with Gasteiger partial charge in [-0.15, -0.1) is 0 Å². The highest BCUT2D eigenvalue weighted by molar-refractivity contribution is 6.15. The van der Waals surface area contributed by atoms with Gasteiger partial charge in [0.05, 0.1) is 22.9 Å². The van der Waals surface area contributed by atoms with Crippen molar-refractivity contribution in [3.05, 3.63) is 204 Å². The molecule has 0 saturated carbocycles. The van der Waals surface area contributed by atoms with Gasteiger partial charge < -0.3 is 5.32 Å². The number of aryl methyl sites for hydroxylation is 2. The molecule has 0 saturated heterocycles. The van der Waals surface area contributed by atoms with E-state index in [2.05, 4.69) is 165 Å². The Kier molecular flexibility index (Phi) is 8.26. The van der Waals surface area contributed by atoms with Gasteiger partial charge in [0.15, 0.2) is 5.84 Å². The summed E-state index contributed by atoms with van der Waals surface area (Å²) in [5, 5.41) is 8.70. The fourth-order valence-electron chi connectivity index (χ4n) is 7.66. The maximum Gasteiger partial charge on any atom is 0.159 e. The van der Waals surface area contributed by atoms with Crippen molar-refractivity contribution in [3.8, 4) is 33.5 Å². The van der Waals surface area contributed by atoms with Crippen molar-refractivity contribution < 1.29 is 0 Å². The van der Waals surface area contributed by atoms with Crippen LogP contribution in [0.1, 0.15) is 34.0 Å². The van der Waals surface area contributed by atoms with Crippen LogP contribution in [0, 0.1) is 13.8 Å². The van der Waals surface area contributed by atoms with Gasteiger partial charge in [-0.05, 0) is 99.6 Å². The first-order valence-corrected chi connectivity index (χ1v) is 19.0. The highest BCUT2D eigenvalue weighted by atomic mass is 15.2. The van der Waals surface area contributed by atoms with E-state index in [1.165, 1.54) is 43.8 Å². The zero-order valence-corrected chi connectivity index (χ0v) is 31.1. The lowest BCUT2D eigenvalue weighted by Crippen LogP contribution is -2.33. The monoisotopic (exact) mass is 719 g/mol. The van der Waals surface area contributed by atoms with E-state index >= 15 is 0 Å². The van der Waals surface area contributed by atoms with Crippen LogP contribution >= 0.6 is 0 Å². The molecular formula is C51H37N5. The predicted octanol–water partition coefficient (Wildman–Crippen LogP) is 12.0. The van der Waals surface area contributed by atoms with Gasteiger partial charge in [0.25, 0.3) is 0 Å². The molecule has 266 valence electrons. The van der Waals surface area contributed by atoms with Crippen molar-refractivity contribution in [2.45, 2.75) is 20.0 Å². The van der Waals surface area contributed by atoms with Gasteiger partial charge in [0.2, 0.25) is 0 Å². The number of aromatic nitrogens is 2. The van der Waals surface area contributed by atoms with Gasteiger partial charge in [0.1, 0.15) is 12.0 Å². The van der Waals surface area contributed by atoms with E-state index in [1.54, 1.807) is 0 Å². The molecule has 9 aromatic rings. The van der Waals surface area contributed by atoms with Crippen molar-refractivity contribution in [2.24, 2.45) is 9.98 Å². The fourth-order valence-corrected chi connectivity index (χ4v) is 7.66. The molecule has 56 heavy (non-hydrogen) atoms. The third kappa shape index (κ3) is 6.29. The standard InChI is InChI=1S/C51H37N5/c1-32-15-19-36(20-16-32)49-54-50(37-21-17-33(2)18-22-37)56-51(55-49)41-28-39(27-40(29-41)48-31-52-46-13-7-8-14-47(46)53-48)34-23-25-35(26-24-34)45-30-38-9-3-4-10-42(38)43-11-5-6-12-44(43)45/h3-31,49H,1-2H3,(H,54,55,56). The number of nitrogens with one attached hydrogen (secondary N) is 1. The van der Waals surface area contributed by atoms with Gasteiger partial charge in [0, 0.05) is 16.7 Å². The second kappa shape index (κ2) is 13.9. The van der Waals surface area contributed by atoms with Crippen LogP contribution in [0.3, 0.4) is 0 Å². The minimum atomic E-state index is -0.317. The Morgan fingerprint density at radius 3 is 1.88 bits per heavy atom. The lowest BCUT2D eigenvalue weighted by atomic mass is 9.92. The summed E-state index contributed by atoms with van der Waals surface area (Å²) < 4.78 is 0. The van der Waals surface area contributed by atoms with E-state index in [9.17, 15) is 0 Å². The highest BCUT2D eigenvalue weighted by Gasteiger charge is 2.22. The van der Waals surface area contributed by atoms with Gasteiger partial charge >= 0.3 is 0 Å². The maximum atomic E-state index is 5.19. The molecule has 5 nitrogen and oxygen atoms in total. The second-order valence-corrected chi connectivity index (χ2v) is 14.5. The molecule has 1 atom stereocenters. The van der Waals surface area contributed by atoms with E-state index in [0.29, 0.717) is 5.84 Å². The van der Waals surface area contributed by atoms with Crippen LogP contribution in [0.15, 0.2) is 186 Å². The van der Waals surface area contributed by atoms with Crippen LogP contribution < -0.4 is 5.32 Å². The van der Waals surface area contributed by atoms with Gasteiger partial charge in [-0.1, -0.05) is 145 Å². The maximum absolute atomic E-state index is 5.19. The summed E-state index contributed by atoms with van der Waals surface area (Å²) in [6.45, 7) is 4.20. The molecule has 1 aliphatic rings. The average Bonchev–Trinajstić information content (AvgIpc) is 3.26. The lowest BCUT2D eigenvalue weighted by molar-refractivity contribution is 0.674. The molecule has 0 aliphatic carbocycles. The largest absolute Gasteiger partial charge is 0.344 e. The van der Waals surface area contributed by atoms with Crippen molar-refractivity contribution in [1.82, 2.24) is 15.3 Å².